The SMILES string of the molecule is CCOC(=O)c1c2n(c3ccccc13)-c1nc(Cl)ncc1NC2c1ccc(F)cc1. The van der Waals surface area contributed by atoms with Gasteiger partial charge >= 0.3 is 5.97 Å². The van der Waals surface area contributed by atoms with Crippen molar-refractivity contribution in [3.05, 3.63) is 82.6 Å². The van der Waals surface area contributed by atoms with E-state index in [0.29, 0.717) is 22.8 Å². The highest BCUT2D eigenvalue weighted by molar-refractivity contribution is 6.28. The summed E-state index contributed by atoms with van der Waals surface area (Å²) >= 11 is 6.09. The zero-order chi connectivity index (χ0) is 20.8. The van der Waals surface area contributed by atoms with E-state index in [4.69, 9.17) is 16.3 Å². The number of hydrogen-bond donors (Lipinski definition) is 1. The van der Waals surface area contributed by atoms with Gasteiger partial charge in [-0.15, -0.1) is 0 Å². The fraction of sp³-hybridized carbons (Fsp3) is 0.136. The topological polar surface area (TPSA) is 69.0 Å². The molecule has 0 aliphatic carbocycles. The third-order valence-corrected chi connectivity index (χ3v) is 5.30. The van der Waals surface area contributed by atoms with Crippen LogP contribution < -0.4 is 5.32 Å². The van der Waals surface area contributed by atoms with Crippen LogP contribution in [0.4, 0.5) is 10.1 Å². The molecular weight excluding hydrogens is 407 g/mol. The molecule has 150 valence electrons. The molecule has 0 fully saturated rings. The summed E-state index contributed by atoms with van der Waals surface area (Å²) in [6.07, 6.45) is 1.60. The summed E-state index contributed by atoms with van der Waals surface area (Å²) in [7, 11) is 0. The van der Waals surface area contributed by atoms with Gasteiger partial charge in [-0.25, -0.2) is 14.2 Å². The fourth-order valence-corrected chi connectivity index (χ4v) is 4.05. The van der Waals surface area contributed by atoms with Gasteiger partial charge in [0.1, 0.15) is 5.82 Å². The van der Waals surface area contributed by atoms with Crippen LogP contribution in [0.1, 0.15) is 34.6 Å². The highest BCUT2D eigenvalue weighted by Crippen LogP contribution is 2.43. The van der Waals surface area contributed by atoms with E-state index < -0.39 is 12.0 Å². The summed E-state index contributed by atoms with van der Waals surface area (Å²) in [5.41, 5.74) is 3.32. The van der Waals surface area contributed by atoms with Crippen molar-refractivity contribution in [2.24, 2.45) is 0 Å². The Balaban J connectivity index is 1.88. The van der Waals surface area contributed by atoms with Crippen LogP contribution in [0.15, 0.2) is 54.7 Å². The van der Waals surface area contributed by atoms with Crippen molar-refractivity contribution >= 4 is 34.2 Å². The van der Waals surface area contributed by atoms with E-state index in [1.807, 2.05) is 28.8 Å². The molecule has 2 aromatic carbocycles. The highest BCUT2D eigenvalue weighted by Gasteiger charge is 2.35. The van der Waals surface area contributed by atoms with Crippen molar-refractivity contribution in [2.45, 2.75) is 13.0 Å². The molecule has 0 spiro atoms. The first-order chi connectivity index (χ1) is 14.6. The number of carbonyl (C=O) groups excluding carboxylic acids is 1. The molecule has 0 amide bonds. The van der Waals surface area contributed by atoms with Crippen molar-refractivity contribution < 1.29 is 13.9 Å². The average Bonchev–Trinajstić information content (AvgIpc) is 3.10. The number of anilines is 1. The Morgan fingerprint density at radius 3 is 2.77 bits per heavy atom. The first kappa shape index (κ1) is 18.6. The number of fused-ring (bicyclic) bond motifs is 5. The molecule has 6 nitrogen and oxygen atoms in total. The molecule has 1 atom stereocenters. The maximum Gasteiger partial charge on any atom is 0.340 e. The lowest BCUT2D eigenvalue weighted by molar-refractivity contribution is 0.0527. The predicted molar refractivity (Wildman–Crippen MR) is 112 cm³/mol. The minimum atomic E-state index is -0.449. The van der Waals surface area contributed by atoms with Crippen LogP contribution in [-0.2, 0) is 4.74 Å². The van der Waals surface area contributed by atoms with E-state index in [1.54, 1.807) is 25.3 Å². The van der Waals surface area contributed by atoms with Crippen LogP contribution >= 0.6 is 11.6 Å². The highest BCUT2D eigenvalue weighted by atomic mass is 35.5. The van der Waals surface area contributed by atoms with Gasteiger partial charge in [-0.3, -0.25) is 4.57 Å². The Labute approximate surface area is 176 Å². The molecule has 8 heteroatoms. The van der Waals surface area contributed by atoms with Gasteiger partial charge in [-0.2, -0.15) is 4.98 Å². The number of aromatic nitrogens is 3. The average molecular weight is 423 g/mol. The summed E-state index contributed by atoms with van der Waals surface area (Å²) in [5, 5.41) is 4.21. The molecule has 0 saturated carbocycles. The largest absolute Gasteiger partial charge is 0.462 e. The smallest absolute Gasteiger partial charge is 0.340 e. The molecule has 1 aliphatic rings. The molecular formula is C22H16ClFN4O2. The zero-order valence-electron chi connectivity index (χ0n) is 15.9. The molecule has 0 bridgehead atoms. The maximum absolute atomic E-state index is 13.6. The standard InChI is InChI=1S/C22H16ClFN4O2/c1-2-30-21(29)17-14-5-3-4-6-16(14)28-19(17)18(12-7-9-13(24)10-8-12)26-15-11-25-22(23)27-20(15)28/h3-11,18,26H,2H2,1H3. The van der Waals surface area contributed by atoms with E-state index in [2.05, 4.69) is 15.3 Å². The van der Waals surface area contributed by atoms with Crippen LogP contribution in [0.3, 0.4) is 0 Å². The van der Waals surface area contributed by atoms with E-state index in [0.717, 1.165) is 16.5 Å². The van der Waals surface area contributed by atoms with E-state index in [9.17, 15) is 9.18 Å². The second kappa shape index (κ2) is 7.11. The van der Waals surface area contributed by atoms with Crippen LogP contribution in [0, 0.1) is 5.82 Å². The van der Waals surface area contributed by atoms with E-state index in [1.165, 1.54) is 12.1 Å². The first-order valence-corrected chi connectivity index (χ1v) is 9.81. The second-order valence-electron chi connectivity index (χ2n) is 6.84. The van der Waals surface area contributed by atoms with Gasteiger partial charge in [-0.05, 0) is 42.3 Å². The second-order valence-corrected chi connectivity index (χ2v) is 7.18. The predicted octanol–water partition coefficient (Wildman–Crippen LogP) is 4.90. The number of para-hydroxylation sites is 1. The summed E-state index contributed by atoms with van der Waals surface area (Å²) in [6, 6.07) is 13.2. The lowest BCUT2D eigenvalue weighted by Gasteiger charge is -2.29. The van der Waals surface area contributed by atoms with Gasteiger partial charge in [0, 0.05) is 5.39 Å². The van der Waals surface area contributed by atoms with Crippen LogP contribution in [0.2, 0.25) is 5.28 Å². The third kappa shape index (κ3) is 2.81. The number of hydrogen-bond acceptors (Lipinski definition) is 5. The Morgan fingerprint density at radius 2 is 2.00 bits per heavy atom. The zero-order valence-corrected chi connectivity index (χ0v) is 16.7. The number of esters is 1. The molecule has 1 unspecified atom stereocenters. The molecule has 1 aliphatic heterocycles. The van der Waals surface area contributed by atoms with Gasteiger partial charge in [0.25, 0.3) is 0 Å². The summed E-state index contributed by atoms with van der Waals surface area (Å²) in [5.74, 6) is -0.230. The Hall–Kier alpha value is -3.45. The monoisotopic (exact) mass is 422 g/mol. The molecule has 3 heterocycles. The third-order valence-electron chi connectivity index (χ3n) is 5.12. The Morgan fingerprint density at radius 1 is 1.23 bits per heavy atom. The molecule has 2 aromatic heterocycles. The number of halogens is 2. The minimum absolute atomic E-state index is 0.0946. The van der Waals surface area contributed by atoms with Crippen molar-refractivity contribution in [1.29, 1.82) is 0 Å². The number of rotatable bonds is 3. The number of ether oxygens (including phenoxy) is 1. The van der Waals surface area contributed by atoms with Gasteiger partial charge in [0.05, 0.1) is 41.3 Å². The first-order valence-electron chi connectivity index (χ1n) is 9.44. The summed E-state index contributed by atoms with van der Waals surface area (Å²) < 4.78 is 20.8. The number of carbonyl (C=O) groups is 1. The molecule has 5 rings (SSSR count). The number of nitrogens with zero attached hydrogens (tertiary/aromatic N) is 3. The quantitative estimate of drug-likeness (QED) is 0.375. The maximum atomic E-state index is 13.6. The molecule has 30 heavy (non-hydrogen) atoms. The van der Waals surface area contributed by atoms with Crippen molar-refractivity contribution in [2.75, 3.05) is 11.9 Å². The summed E-state index contributed by atoms with van der Waals surface area (Å²) in [4.78, 5) is 21.5. The van der Waals surface area contributed by atoms with Crippen molar-refractivity contribution in [3.63, 3.8) is 0 Å². The van der Waals surface area contributed by atoms with Crippen LogP contribution in [0.25, 0.3) is 16.7 Å². The van der Waals surface area contributed by atoms with E-state index in [-0.39, 0.29) is 17.7 Å². The van der Waals surface area contributed by atoms with Gasteiger partial charge in [-0.1, -0.05) is 30.3 Å². The Bertz CT molecular complexity index is 1290. The van der Waals surface area contributed by atoms with Crippen molar-refractivity contribution in [3.8, 4) is 5.82 Å². The van der Waals surface area contributed by atoms with E-state index >= 15 is 0 Å². The lowest BCUT2D eigenvalue weighted by Crippen LogP contribution is -2.26. The van der Waals surface area contributed by atoms with Gasteiger partial charge in [0.2, 0.25) is 5.28 Å². The normalized spacial score (nSPS) is 14.7. The molecule has 4 aromatic rings. The number of benzene rings is 2. The summed E-state index contributed by atoms with van der Waals surface area (Å²) in [6.45, 7) is 2.01. The van der Waals surface area contributed by atoms with Crippen LogP contribution in [-0.4, -0.2) is 27.1 Å². The van der Waals surface area contributed by atoms with Gasteiger partial charge < -0.3 is 10.1 Å². The molecule has 0 saturated heterocycles. The molecule has 1 N–H and O–H groups in total. The van der Waals surface area contributed by atoms with Crippen molar-refractivity contribution in [1.82, 2.24) is 14.5 Å². The Kier molecular flexibility index (Phi) is 4.40. The van der Waals surface area contributed by atoms with Crippen LogP contribution in [0.5, 0.6) is 0 Å². The molecule has 0 radical (unpaired) electrons. The lowest BCUT2D eigenvalue weighted by atomic mass is 9.97. The minimum Gasteiger partial charge on any atom is -0.462 e. The van der Waals surface area contributed by atoms with Gasteiger partial charge in [0.15, 0.2) is 5.82 Å². The fourth-order valence-electron chi connectivity index (χ4n) is 3.92. The number of nitrogens with one attached hydrogen (secondary N) is 1.